The van der Waals surface area contributed by atoms with Gasteiger partial charge in [-0.25, -0.2) is 9.59 Å². The predicted molar refractivity (Wildman–Crippen MR) is 127 cm³/mol. The highest BCUT2D eigenvalue weighted by Crippen LogP contribution is 2.34. The first-order chi connectivity index (χ1) is 16.9. The number of fused-ring (bicyclic) bond motifs is 3. The average Bonchev–Trinajstić information content (AvgIpc) is 3.26. The number of nitro groups is 1. The van der Waals surface area contributed by atoms with Crippen LogP contribution in [0.1, 0.15) is 15.9 Å². The molecule has 0 unspecified atom stereocenters. The molecule has 10 nitrogen and oxygen atoms in total. The fourth-order valence-electron chi connectivity index (χ4n) is 3.70. The number of aryl methyl sites for hydroxylation is 1. The summed E-state index contributed by atoms with van der Waals surface area (Å²) in [6.45, 7) is -0.210. The molecule has 0 N–H and O–H groups in total. The number of carbonyl (C=O) groups is 1. The zero-order chi connectivity index (χ0) is 24.5. The smallest absolute Gasteiger partial charge is 0.338 e. The summed E-state index contributed by atoms with van der Waals surface area (Å²) in [5.74, 6) is -0.759. The summed E-state index contributed by atoms with van der Waals surface area (Å²) in [7, 11) is 1.72. The third-order valence-electron chi connectivity index (χ3n) is 5.34. The molecule has 0 aliphatic rings. The number of rotatable bonds is 6. The molecule has 0 bridgehead atoms. The van der Waals surface area contributed by atoms with Gasteiger partial charge in [0.05, 0.1) is 15.4 Å². The Bertz CT molecular complexity index is 1680. The Morgan fingerprint density at radius 2 is 2.00 bits per heavy atom. The summed E-state index contributed by atoms with van der Waals surface area (Å²) >= 11 is 1.06. The van der Waals surface area contributed by atoms with E-state index in [0.717, 1.165) is 28.6 Å². The van der Waals surface area contributed by atoms with E-state index in [1.165, 1.54) is 24.5 Å². The summed E-state index contributed by atoms with van der Waals surface area (Å²) in [6.07, 6.45) is 1.48. The molecule has 0 spiro atoms. The van der Waals surface area contributed by atoms with Gasteiger partial charge in [-0.1, -0.05) is 30.3 Å². The van der Waals surface area contributed by atoms with Gasteiger partial charge in [-0.15, -0.1) is 10.2 Å². The Labute approximate surface area is 201 Å². The van der Waals surface area contributed by atoms with Crippen LogP contribution in [0.15, 0.2) is 86.3 Å². The summed E-state index contributed by atoms with van der Waals surface area (Å²) in [6, 6.07) is 16.5. The molecule has 0 aliphatic heterocycles. The van der Waals surface area contributed by atoms with Crippen LogP contribution in [0.2, 0.25) is 0 Å². The minimum absolute atomic E-state index is 0.0103. The molecule has 35 heavy (non-hydrogen) atoms. The lowest BCUT2D eigenvalue weighted by Gasteiger charge is -2.10. The fourth-order valence-corrected chi connectivity index (χ4v) is 4.55. The van der Waals surface area contributed by atoms with Crippen LogP contribution in [0, 0.1) is 10.1 Å². The Balaban J connectivity index is 1.44. The molecule has 0 saturated carbocycles. The number of aromatic nitrogens is 3. The van der Waals surface area contributed by atoms with Gasteiger partial charge >= 0.3 is 11.6 Å². The Morgan fingerprint density at radius 3 is 2.77 bits per heavy atom. The highest BCUT2D eigenvalue weighted by Gasteiger charge is 2.21. The summed E-state index contributed by atoms with van der Waals surface area (Å²) in [5.41, 5.74) is 0.0356. The number of esters is 1. The Hall–Kier alpha value is -4.51. The molecule has 0 saturated heterocycles. The molecule has 174 valence electrons. The molecule has 0 amide bonds. The van der Waals surface area contributed by atoms with Crippen molar-refractivity contribution in [1.82, 2.24) is 14.8 Å². The van der Waals surface area contributed by atoms with E-state index in [1.54, 1.807) is 17.7 Å². The van der Waals surface area contributed by atoms with Gasteiger partial charge in [0, 0.05) is 30.1 Å². The maximum Gasteiger partial charge on any atom is 0.338 e. The number of benzene rings is 3. The quantitative estimate of drug-likeness (QED) is 0.111. The van der Waals surface area contributed by atoms with Gasteiger partial charge in [-0.05, 0) is 40.7 Å². The molecule has 3 aromatic carbocycles. The van der Waals surface area contributed by atoms with Crippen molar-refractivity contribution in [2.24, 2.45) is 7.05 Å². The van der Waals surface area contributed by atoms with Crippen LogP contribution in [0.25, 0.3) is 21.7 Å². The second kappa shape index (κ2) is 9.03. The predicted octanol–water partition coefficient (Wildman–Crippen LogP) is 4.49. The van der Waals surface area contributed by atoms with Crippen LogP contribution < -0.4 is 5.63 Å². The van der Waals surface area contributed by atoms with E-state index >= 15 is 0 Å². The van der Waals surface area contributed by atoms with Crippen molar-refractivity contribution in [2.75, 3.05) is 0 Å². The Morgan fingerprint density at radius 1 is 1.17 bits per heavy atom. The zero-order valence-corrected chi connectivity index (χ0v) is 19.0. The van der Waals surface area contributed by atoms with Crippen LogP contribution in [0.4, 0.5) is 5.69 Å². The van der Waals surface area contributed by atoms with E-state index in [9.17, 15) is 19.7 Å². The van der Waals surface area contributed by atoms with Crippen molar-refractivity contribution in [3.05, 3.63) is 98.7 Å². The molecular weight excluding hydrogens is 472 g/mol. The van der Waals surface area contributed by atoms with Gasteiger partial charge in [-0.2, -0.15) is 0 Å². The van der Waals surface area contributed by atoms with Crippen LogP contribution in [0.5, 0.6) is 0 Å². The first-order valence-electron chi connectivity index (χ1n) is 10.3. The van der Waals surface area contributed by atoms with Crippen molar-refractivity contribution >= 4 is 45.2 Å². The highest BCUT2D eigenvalue weighted by molar-refractivity contribution is 7.99. The fraction of sp³-hybridized carbons (Fsp3) is 0.0833. The van der Waals surface area contributed by atoms with Gasteiger partial charge in [0.15, 0.2) is 5.16 Å². The van der Waals surface area contributed by atoms with E-state index < -0.39 is 16.5 Å². The van der Waals surface area contributed by atoms with Crippen molar-refractivity contribution in [1.29, 1.82) is 0 Å². The Kier molecular flexibility index (Phi) is 5.75. The minimum Gasteiger partial charge on any atom is -0.457 e. The summed E-state index contributed by atoms with van der Waals surface area (Å²) in [4.78, 5) is 36.2. The molecule has 5 aromatic rings. The molecule has 5 rings (SSSR count). The lowest BCUT2D eigenvalue weighted by molar-refractivity contribution is -0.387. The van der Waals surface area contributed by atoms with E-state index in [0.29, 0.717) is 26.6 Å². The molecular formula is C24H16N4O6S. The van der Waals surface area contributed by atoms with Crippen molar-refractivity contribution in [2.45, 2.75) is 16.7 Å². The van der Waals surface area contributed by atoms with Crippen LogP contribution >= 0.6 is 11.8 Å². The molecule has 0 radical (unpaired) electrons. The third kappa shape index (κ3) is 4.36. The molecule has 0 fully saturated rings. The van der Waals surface area contributed by atoms with Gasteiger partial charge in [0.25, 0.3) is 5.69 Å². The second-order valence-corrected chi connectivity index (χ2v) is 8.60. The first-order valence-corrected chi connectivity index (χ1v) is 11.1. The van der Waals surface area contributed by atoms with E-state index in [2.05, 4.69) is 10.2 Å². The van der Waals surface area contributed by atoms with Gasteiger partial charge in [0.1, 0.15) is 18.5 Å². The normalized spacial score (nSPS) is 11.1. The van der Waals surface area contributed by atoms with Gasteiger partial charge in [-0.3, -0.25) is 10.1 Å². The number of hydrogen-bond acceptors (Lipinski definition) is 9. The molecule has 2 aromatic heterocycles. The standard InChI is InChI=1S/C24H16N4O6S/c1-27-13-25-26-24(27)35-20-9-7-15(10-18(20)28(31)32)23(30)33-12-16-11-21(29)34-19-8-6-14-4-2-3-5-17(14)22(16)19/h2-11,13H,12H2,1H3. The van der Waals surface area contributed by atoms with Crippen molar-refractivity contribution in [3.63, 3.8) is 0 Å². The third-order valence-corrected chi connectivity index (χ3v) is 6.45. The number of hydrogen-bond donors (Lipinski definition) is 0. The van der Waals surface area contributed by atoms with Gasteiger partial charge < -0.3 is 13.7 Å². The maximum atomic E-state index is 12.8. The van der Waals surface area contributed by atoms with Crippen molar-refractivity contribution in [3.8, 4) is 0 Å². The topological polar surface area (TPSA) is 130 Å². The lowest BCUT2D eigenvalue weighted by atomic mass is 10.0. The zero-order valence-electron chi connectivity index (χ0n) is 18.2. The minimum atomic E-state index is -0.759. The molecule has 0 atom stereocenters. The van der Waals surface area contributed by atoms with Gasteiger partial charge in [0.2, 0.25) is 0 Å². The maximum absolute atomic E-state index is 12.8. The van der Waals surface area contributed by atoms with Crippen LogP contribution in [-0.2, 0) is 18.4 Å². The summed E-state index contributed by atoms with van der Waals surface area (Å²) in [5, 5.41) is 22.2. The van der Waals surface area contributed by atoms with Crippen molar-refractivity contribution < 1.29 is 18.9 Å². The van der Waals surface area contributed by atoms with Crippen LogP contribution in [-0.4, -0.2) is 25.7 Å². The van der Waals surface area contributed by atoms with Crippen LogP contribution in [0.3, 0.4) is 0 Å². The molecule has 2 heterocycles. The molecule has 0 aliphatic carbocycles. The molecule has 11 heteroatoms. The second-order valence-electron chi connectivity index (χ2n) is 7.59. The number of carbonyl (C=O) groups excluding carboxylic acids is 1. The highest BCUT2D eigenvalue weighted by atomic mass is 32.2. The first kappa shape index (κ1) is 22.3. The SMILES string of the molecule is Cn1cnnc1Sc1ccc(C(=O)OCc2cc(=O)oc3ccc4ccccc4c23)cc1[N+](=O)[O-]. The number of nitrogens with zero attached hydrogens (tertiary/aromatic N) is 4. The van der Waals surface area contributed by atoms with E-state index in [1.807, 2.05) is 30.3 Å². The number of ether oxygens (including phenoxy) is 1. The monoisotopic (exact) mass is 488 g/mol. The largest absolute Gasteiger partial charge is 0.457 e. The average molecular weight is 488 g/mol. The number of nitro benzene ring substituents is 1. The lowest BCUT2D eigenvalue weighted by Crippen LogP contribution is -2.09. The summed E-state index contributed by atoms with van der Waals surface area (Å²) < 4.78 is 12.4. The van der Waals surface area contributed by atoms with E-state index in [-0.39, 0.29) is 17.9 Å². The van der Waals surface area contributed by atoms with E-state index in [4.69, 9.17) is 9.15 Å².